The maximum absolute atomic E-state index is 12.1. The van der Waals surface area contributed by atoms with Gasteiger partial charge in [-0.3, -0.25) is 4.79 Å². The van der Waals surface area contributed by atoms with E-state index >= 15 is 0 Å². The minimum absolute atomic E-state index is 0.130. The molecule has 0 radical (unpaired) electrons. The van der Waals surface area contributed by atoms with Crippen molar-refractivity contribution in [3.63, 3.8) is 0 Å². The van der Waals surface area contributed by atoms with E-state index in [1.807, 2.05) is 11.8 Å². The molecular formula is C18H25BrN4O. The van der Waals surface area contributed by atoms with Crippen LogP contribution < -0.4 is 10.6 Å². The van der Waals surface area contributed by atoms with E-state index in [-0.39, 0.29) is 12.5 Å². The van der Waals surface area contributed by atoms with E-state index in [9.17, 15) is 4.79 Å². The minimum atomic E-state index is 0.130. The van der Waals surface area contributed by atoms with Gasteiger partial charge >= 0.3 is 0 Å². The molecule has 0 bridgehead atoms. The first kappa shape index (κ1) is 17.3. The summed E-state index contributed by atoms with van der Waals surface area (Å²) in [5.41, 5.74) is 1.35. The van der Waals surface area contributed by atoms with Gasteiger partial charge in [0.15, 0.2) is 5.96 Å². The molecule has 130 valence electrons. The molecule has 0 aromatic heterocycles. The Hall–Kier alpha value is -1.56. The van der Waals surface area contributed by atoms with Crippen LogP contribution in [-0.2, 0) is 4.79 Å². The van der Waals surface area contributed by atoms with Crippen molar-refractivity contribution in [1.29, 1.82) is 0 Å². The second-order valence-electron chi connectivity index (χ2n) is 6.43. The summed E-state index contributed by atoms with van der Waals surface area (Å²) in [4.78, 5) is 18.5. The summed E-state index contributed by atoms with van der Waals surface area (Å²) >= 11 is 3.47. The second kappa shape index (κ2) is 8.01. The highest BCUT2D eigenvalue weighted by Gasteiger charge is 2.39. The zero-order valence-electron chi connectivity index (χ0n) is 14.1. The van der Waals surface area contributed by atoms with E-state index in [0.717, 1.165) is 49.3 Å². The van der Waals surface area contributed by atoms with Gasteiger partial charge in [-0.25, -0.2) is 4.99 Å². The van der Waals surface area contributed by atoms with Gasteiger partial charge in [-0.2, -0.15) is 0 Å². The van der Waals surface area contributed by atoms with Gasteiger partial charge in [0.1, 0.15) is 6.54 Å². The fourth-order valence-corrected chi connectivity index (χ4v) is 3.41. The fourth-order valence-electron chi connectivity index (χ4n) is 3.14. The molecule has 6 heteroatoms. The van der Waals surface area contributed by atoms with Crippen LogP contribution in [0.4, 0.5) is 0 Å². The standard InChI is InChI=1S/C18H25BrN4O/c1-2-20-18(21-12-17(24)23-9-3-4-10-23)22-16-11-15(16)13-5-7-14(19)8-6-13/h5-8,15-16H,2-4,9-12H2,1H3,(H2,20,21,22). The van der Waals surface area contributed by atoms with E-state index in [1.54, 1.807) is 0 Å². The first-order valence-corrected chi connectivity index (χ1v) is 9.54. The molecule has 2 atom stereocenters. The van der Waals surface area contributed by atoms with Gasteiger partial charge in [0.25, 0.3) is 0 Å². The monoisotopic (exact) mass is 392 g/mol. The lowest BCUT2D eigenvalue weighted by Gasteiger charge is -2.15. The van der Waals surface area contributed by atoms with Crippen molar-refractivity contribution in [3.05, 3.63) is 34.3 Å². The van der Waals surface area contributed by atoms with Gasteiger partial charge in [0, 0.05) is 36.1 Å². The van der Waals surface area contributed by atoms with Crippen molar-refractivity contribution in [1.82, 2.24) is 15.5 Å². The number of hydrogen-bond donors (Lipinski definition) is 2. The predicted molar refractivity (Wildman–Crippen MR) is 100 cm³/mol. The van der Waals surface area contributed by atoms with E-state index in [1.165, 1.54) is 5.56 Å². The van der Waals surface area contributed by atoms with Gasteiger partial charge in [-0.1, -0.05) is 28.1 Å². The molecule has 2 aliphatic rings. The average Bonchev–Trinajstić information content (AvgIpc) is 3.11. The molecule has 1 saturated carbocycles. The Morgan fingerprint density at radius 1 is 1.29 bits per heavy atom. The zero-order chi connectivity index (χ0) is 16.9. The van der Waals surface area contributed by atoms with Gasteiger partial charge in [-0.15, -0.1) is 0 Å². The molecule has 2 fully saturated rings. The SMILES string of the molecule is CCNC(=NCC(=O)N1CCCC1)NC1CC1c1ccc(Br)cc1. The summed E-state index contributed by atoms with van der Waals surface area (Å²) in [6.45, 7) is 4.82. The van der Waals surface area contributed by atoms with Crippen LogP contribution in [0.2, 0.25) is 0 Å². The summed E-state index contributed by atoms with van der Waals surface area (Å²) < 4.78 is 1.10. The molecule has 1 heterocycles. The van der Waals surface area contributed by atoms with Crippen molar-refractivity contribution >= 4 is 27.8 Å². The highest BCUT2D eigenvalue weighted by atomic mass is 79.9. The molecule has 1 aromatic carbocycles. The van der Waals surface area contributed by atoms with Crippen LogP contribution in [0.15, 0.2) is 33.7 Å². The third-order valence-electron chi connectivity index (χ3n) is 4.59. The first-order valence-electron chi connectivity index (χ1n) is 8.75. The molecule has 3 rings (SSSR count). The molecule has 2 N–H and O–H groups in total. The highest BCUT2D eigenvalue weighted by molar-refractivity contribution is 9.10. The van der Waals surface area contributed by atoms with Gasteiger partial charge < -0.3 is 15.5 Å². The number of hydrogen-bond acceptors (Lipinski definition) is 2. The van der Waals surface area contributed by atoms with E-state index < -0.39 is 0 Å². The maximum atomic E-state index is 12.1. The third kappa shape index (κ3) is 4.50. The zero-order valence-corrected chi connectivity index (χ0v) is 15.7. The fraction of sp³-hybridized carbons (Fsp3) is 0.556. The number of guanidine groups is 1. The Morgan fingerprint density at radius 3 is 2.67 bits per heavy atom. The van der Waals surface area contributed by atoms with Gasteiger partial charge in [0.05, 0.1) is 0 Å². The average molecular weight is 393 g/mol. The minimum Gasteiger partial charge on any atom is -0.357 e. The first-order chi connectivity index (χ1) is 11.7. The van der Waals surface area contributed by atoms with E-state index in [2.05, 4.69) is 55.8 Å². The van der Waals surface area contributed by atoms with Crippen molar-refractivity contribution in [3.8, 4) is 0 Å². The largest absolute Gasteiger partial charge is 0.357 e. The predicted octanol–water partition coefficient (Wildman–Crippen LogP) is 2.48. The molecule has 1 saturated heterocycles. The molecule has 1 amide bonds. The van der Waals surface area contributed by atoms with Crippen LogP contribution in [-0.4, -0.2) is 49.0 Å². The molecule has 24 heavy (non-hydrogen) atoms. The normalized spacial score (nSPS) is 23.2. The van der Waals surface area contributed by atoms with Crippen LogP contribution in [0.1, 0.15) is 37.7 Å². The number of carbonyl (C=O) groups excluding carboxylic acids is 1. The summed E-state index contributed by atoms with van der Waals surface area (Å²) in [6, 6.07) is 8.89. The van der Waals surface area contributed by atoms with Crippen LogP contribution in [0.25, 0.3) is 0 Å². The Labute approximate surface area is 152 Å². The quantitative estimate of drug-likeness (QED) is 0.597. The summed E-state index contributed by atoms with van der Waals surface area (Å²) in [5, 5.41) is 6.70. The summed E-state index contributed by atoms with van der Waals surface area (Å²) in [6.07, 6.45) is 3.33. The molecule has 1 aliphatic carbocycles. The molecule has 5 nitrogen and oxygen atoms in total. The topological polar surface area (TPSA) is 56.7 Å². The van der Waals surface area contributed by atoms with Crippen LogP contribution in [0.5, 0.6) is 0 Å². The number of amides is 1. The number of rotatable bonds is 5. The molecule has 1 aromatic rings. The van der Waals surface area contributed by atoms with Gasteiger partial charge in [0.2, 0.25) is 5.91 Å². The lowest BCUT2D eigenvalue weighted by molar-refractivity contribution is -0.128. The smallest absolute Gasteiger partial charge is 0.244 e. The Morgan fingerprint density at radius 2 is 2.00 bits per heavy atom. The second-order valence-corrected chi connectivity index (χ2v) is 7.34. The number of halogens is 1. The van der Waals surface area contributed by atoms with Crippen LogP contribution in [0, 0.1) is 0 Å². The summed E-state index contributed by atoms with van der Waals surface area (Å²) in [7, 11) is 0. The number of benzene rings is 1. The molecule has 2 unspecified atom stereocenters. The molecule has 0 spiro atoms. The number of nitrogens with zero attached hydrogens (tertiary/aromatic N) is 2. The third-order valence-corrected chi connectivity index (χ3v) is 5.11. The van der Waals surface area contributed by atoms with E-state index in [4.69, 9.17) is 0 Å². The number of nitrogens with one attached hydrogen (secondary N) is 2. The molecule has 1 aliphatic heterocycles. The molecular weight excluding hydrogens is 368 g/mol. The van der Waals surface area contributed by atoms with Crippen molar-refractivity contribution in [2.45, 2.75) is 38.1 Å². The number of likely N-dealkylation sites (tertiary alicyclic amines) is 1. The Balaban J connectivity index is 1.53. The lowest BCUT2D eigenvalue weighted by Crippen LogP contribution is -2.40. The van der Waals surface area contributed by atoms with E-state index in [0.29, 0.717) is 12.0 Å². The van der Waals surface area contributed by atoms with Crippen molar-refractivity contribution in [2.24, 2.45) is 4.99 Å². The Kier molecular flexibility index (Phi) is 5.76. The summed E-state index contributed by atoms with van der Waals surface area (Å²) in [5.74, 6) is 1.40. The number of carbonyl (C=O) groups is 1. The number of aliphatic imine (C=N–C) groups is 1. The van der Waals surface area contributed by atoms with Crippen LogP contribution in [0.3, 0.4) is 0 Å². The highest BCUT2D eigenvalue weighted by Crippen LogP contribution is 2.40. The lowest BCUT2D eigenvalue weighted by atomic mass is 10.1. The Bertz CT molecular complexity index is 596. The maximum Gasteiger partial charge on any atom is 0.244 e. The van der Waals surface area contributed by atoms with Crippen molar-refractivity contribution in [2.75, 3.05) is 26.2 Å². The van der Waals surface area contributed by atoms with Crippen molar-refractivity contribution < 1.29 is 4.79 Å². The van der Waals surface area contributed by atoms with Gasteiger partial charge in [-0.05, 0) is 43.9 Å². The van der Waals surface area contributed by atoms with Crippen LogP contribution >= 0.6 is 15.9 Å².